The third-order valence-corrected chi connectivity index (χ3v) is 5.51. The predicted molar refractivity (Wildman–Crippen MR) is 106 cm³/mol. The number of halogens is 3. The third kappa shape index (κ3) is 4.38. The molecule has 0 saturated carbocycles. The molecule has 1 fully saturated rings. The van der Waals surface area contributed by atoms with E-state index in [0.717, 1.165) is 28.8 Å². The first kappa shape index (κ1) is 21.1. The van der Waals surface area contributed by atoms with Gasteiger partial charge in [0, 0.05) is 11.6 Å². The topological polar surface area (TPSA) is 70.8 Å². The molecule has 0 bridgehead atoms. The van der Waals surface area contributed by atoms with Gasteiger partial charge in [-0.25, -0.2) is 4.79 Å². The summed E-state index contributed by atoms with van der Waals surface area (Å²) in [6, 6.07) is 6.64. The van der Waals surface area contributed by atoms with E-state index in [1.54, 1.807) is 6.92 Å². The highest BCUT2D eigenvalue weighted by molar-refractivity contribution is 8.26. The van der Waals surface area contributed by atoms with Crippen molar-refractivity contribution in [2.24, 2.45) is 0 Å². The Labute approximate surface area is 173 Å². The molecule has 3 rings (SSSR count). The highest BCUT2D eigenvalue weighted by atomic mass is 32.2. The number of alkyl halides is 3. The number of hydrogen-bond donors (Lipinski definition) is 1. The number of amides is 1. The van der Waals surface area contributed by atoms with Crippen LogP contribution in [0, 0.1) is 0 Å². The average molecular weight is 441 g/mol. The summed E-state index contributed by atoms with van der Waals surface area (Å²) in [7, 11) is 0. The molecule has 2 heterocycles. The van der Waals surface area contributed by atoms with Gasteiger partial charge < -0.3 is 9.52 Å². The van der Waals surface area contributed by atoms with Crippen molar-refractivity contribution in [3.8, 4) is 11.3 Å². The number of aliphatic carboxylic acids is 1. The second-order valence-electron chi connectivity index (χ2n) is 6.09. The normalized spacial score (nSPS) is 17.2. The number of thioether (sulfide) groups is 1. The number of hydrogen-bond acceptors (Lipinski definition) is 5. The Morgan fingerprint density at radius 3 is 2.69 bits per heavy atom. The summed E-state index contributed by atoms with van der Waals surface area (Å²) >= 11 is 6.08. The van der Waals surface area contributed by atoms with Gasteiger partial charge in [-0.1, -0.05) is 43.0 Å². The molecule has 10 heteroatoms. The SMILES string of the molecule is CCC(C(=O)O)N1C(=O)/C(=C\c2ccc(-c3cccc(C(F)(F)F)c3)o2)SC1=S. The molecule has 1 atom stereocenters. The maximum Gasteiger partial charge on any atom is 0.416 e. The molecule has 1 N–H and O–H groups in total. The van der Waals surface area contributed by atoms with Gasteiger partial charge in [0.1, 0.15) is 21.9 Å². The lowest BCUT2D eigenvalue weighted by Gasteiger charge is -2.21. The molecule has 0 aliphatic carbocycles. The largest absolute Gasteiger partial charge is 0.480 e. The van der Waals surface area contributed by atoms with Crippen LogP contribution in [-0.2, 0) is 15.8 Å². The van der Waals surface area contributed by atoms with Crippen molar-refractivity contribution in [3.63, 3.8) is 0 Å². The zero-order valence-corrected chi connectivity index (χ0v) is 16.5. The summed E-state index contributed by atoms with van der Waals surface area (Å²) < 4.78 is 44.4. The van der Waals surface area contributed by atoms with Crippen LogP contribution in [0.3, 0.4) is 0 Å². The van der Waals surface area contributed by atoms with Crippen molar-refractivity contribution in [1.29, 1.82) is 0 Å². The molecular weight excluding hydrogens is 427 g/mol. The Hall–Kier alpha value is -2.59. The van der Waals surface area contributed by atoms with Crippen molar-refractivity contribution >= 4 is 46.3 Å². The summed E-state index contributed by atoms with van der Waals surface area (Å²) in [5.41, 5.74) is -0.558. The van der Waals surface area contributed by atoms with Crippen LogP contribution >= 0.6 is 24.0 Å². The molecule has 0 spiro atoms. The van der Waals surface area contributed by atoms with Crippen molar-refractivity contribution in [3.05, 3.63) is 52.6 Å². The molecule has 0 radical (unpaired) electrons. The van der Waals surface area contributed by atoms with Crippen LogP contribution in [0.2, 0.25) is 0 Å². The molecule has 5 nitrogen and oxygen atoms in total. The fraction of sp³-hybridized carbons (Fsp3) is 0.211. The monoisotopic (exact) mass is 441 g/mol. The molecule has 1 unspecified atom stereocenters. The van der Waals surface area contributed by atoms with Gasteiger partial charge in [-0.3, -0.25) is 9.69 Å². The lowest BCUT2D eigenvalue weighted by Crippen LogP contribution is -2.43. The van der Waals surface area contributed by atoms with E-state index >= 15 is 0 Å². The number of carboxylic acid groups (broad SMARTS) is 1. The van der Waals surface area contributed by atoms with Crippen LogP contribution in [0.15, 0.2) is 45.7 Å². The molecule has 1 amide bonds. The summed E-state index contributed by atoms with van der Waals surface area (Å²) in [5.74, 6) is -1.27. The molecule has 2 aromatic rings. The molecule has 1 aliphatic heterocycles. The minimum absolute atomic E-state index is 0.125. The van der Waals surface area contributed by atoms with Gasteiger partial charge in [-0.05, 0) is 30.7 Å². The van der Waals surface area contributed by atoms with Crippen molar-refractivity contribution < 1.29 is 32.3 Å². The molecule has 152 valence electrons. The summed E-state index contributed by atoms with van der Waals surface area (Å²) in [4.78, 5) is 25.2. The fourth-order valence-corrected chi connectivity index (χ4v) is 4.12. The smallest absolute Gasteiger partial charge is 0.416 e. The Balaban J connectivity index is 1.87. The number of rotatable bonds is 5. The van der Waals surface area contributed by atoms with Crippen LogP contribution in [0.4, 0.5) is 13.2 Å². The molecular formula is C19H14F3NO4S2. The Bertz CT molecular complexity index is 1010. The van der Waals surface area contributed by atoms with Crippen LogP contribution in [0.5, 0.6) is 0 Å². The van der Waals surface area contributed by atoms with Crippen molar-refractivity contribution in [2.45, 2.75) is 25.6 Å². The quantitative estimate of drug-likeness (QED) is 0.518. The Kier molecular flexibility index (Phi) is 5.85. The molecule has 1 aromatic carbocycles. The van der Waals surface area contributed by atoms with E-state index in [1.165, 1.54) is 30.3 Å². The Morgan fingerprint density at radius 2 is 2.07 bits per heavy atom. The number of furan rings is 1. The molecule has 1 saturated heterocycles. The highest BCUT2D eigenvalue weighted by Crippen LogP contribution is 2.36. The van der Waals surface area contributed by atoms with E-state index in [1.807, 2.05) is 0 Å². The Morgan fingerprint density at radius 1 is 1.34 bits per heavy atom. The third-order valence-electron chi connectivity index (χ3n) is 4.18. The summed E-state index contributed by atoms with van der Waals surface area (Å²) in [6.45, 7) is 1.63. The van der Waals surface area contributed by atoms with E-state index in [0.29, 0.717) is 0 Å². The predicted octanol–water partition coefficient (Wildman–Crippen LogP) is 5.03. The lowest BCUT2D eigenvalue weighted by atomic mass is 10.1. The van der Waals surface area contributed by atoms with Gasteiger partial charge >= 0.3 is 12.1 Å². The molecule has 29 heavy (non-hydrogen) atoms. The first-order chi connectivity index (χ1) is 13.6. The highest BCUT2D eigenvalue weighted by Gasteiger charge is 2.39. The molecule has 1 aliphatic rings. The fourth-order valence-electron chi connectivity index (χ4n) is 2.78. The minimum atomic E-state index is -4.47. The van der Waals surface area contributed by atoms with Gasteiger partial charge in [0.2, 0.25) is 0 Å². The van der Waals surface area contributed by atoms with Gasteiger partial charge in [-0.2, -0.15) is 13.2 Å². The summed E-state index contributed by atoms with van der Waals surface area (Å²) in [5, 5.41) is 9.27. The van der Waals surface area contributed by atoms with Gasteiger partial charge in [0.25, 0.3) is 5.91 Å². The van der Waals surface area contributed by atoms with E-state index in [9.17, 15) is 27.9 Å². The van der Waals surface area contributed by atoms with E-state index in [4.69, 9.17) is 16.6 Å². The number of nitrogens with zero attached hydrogens (tertiary/aromatic N) is 1. The van der Waals surface area contributed by atoms with Crippen molar-refractivity contribution in [1.82, 2.24) is 4.90 Å². The number of thiocarbonyl (C=S) groups is 1. The van der Waals surface area contributed by atoms with E-state index in [2.05, 4.69) is 0 Å². The van der Waals surface area contributed by atoms with Crippen LogP contribution in [0.1, 0.15) is 24.7 Å². The van der Waals surface area contributed by atoms with Crippen LogP contribution in [-0.4, -0.2) is 32.2 Å². The van der Waals surface area contributed by atoms with Crippen molar-refractivity contribution in [2.75, 3.05) is 0 Å². The maximum absolute atomic E-state index is 12.9. The van der Waals surface area contributed by atoms with E-state index in [-0.39, 0.29) is 32.7 Å². The van der Waals surface area contributed by atoms with Crippen LogP contribution < -0.4 is 0 Å². The number of carboxylic acids is 1. The van der Waals surface area contributed by atoms with Gasteiger partial charge in [0.15, 0.2) is 0 Å². The maximum atomic E-state index is 12.9. The molecule has 1 aromatic heterocycles. The lowest BCUT2D eigenvalue weighted by molar-refractivity contribution is -0.145. The minimum Gasteiger partial charge on any atom is -0.480 e. The van der Waals surface area contributed by atoms with Gasteiger partial charge in [-0.15, -0.1) is 0 Å². The first-order valence-electron chi connectivity index (χ1n) is 8.39. The van der Waals surface area contributed by atoms with Gasteiger partial charge in [0.05, 0.1) is 10.5 Å². The number of carbonyl (C=O) groups excluding carboxylic acids is 1. The zero-order chi connectivity index (χ0) is 21.3. The standard InChI is InChI=1S/C19H14F3NO4S2/c1-2-13(17(25)26)23-16(24)15(29-18(23)28)9-12-6-7-14(27-12)10-4-3-5-11(8-10)19(20,21)22/h3-9,13H,2H2,1H3,(H,25,26)/b15-9+. The van der Waals surface area contributed by atoms with Crippen LogP contribution in [0.25, 0.3) is 17.4 Å². The second-order valence-corrected chi connectivity index (χ2v) is 7.77. The number of benzene rings is 1. The average Bonchev–Trinajstić information content (AvgIpc) is 3.22. The summed E-state index contributed by atoms with van der Waals surface area (Å²) in [6.07, 6.45) is -2.89. The first-order valence-corrected chi connectivity index (χ1v) is 9.61. The van der Waals surface area contributed by atoms with E-state index < -0.39 is 29.7 Å². The zero-order valence-electron chi connectivity index (χ0n) is 14.9. The second kappa shape index (κ2) is 8.03. The number of carbonyl (C=O) groups is 2.